The third-order valence-electron chi connectivity index (χ3n) is 5.95. The number of carbonyl (C=O) groups is 2. The molecule has 0 spiro atoms. The lowest BCUT2D eigenvalue weighted by Gasteiger charge is -2.39. The summed E-state index contributed by atoms with van der Waals surface area (Å²) in [5, 5.41) is 6.05. The van der Waals surface area contributed by atoms with Gasteiger partial charge in [0.25, 0.3) is 5.91 Å². The molecule has 2 rings (SSSR count). The van der Waals surface area contributed by atoms with Crippen LogP contribution in [0.1, 0.15) is 50.9 Å². The predicted molar refractivity (Wildman–Crippen MR) is 123 cm³/mol. The van der Waals surface area contributed by atoms with Crippen molar-refractivity contribution in [3.63, 3.8) is 0 Å². The molecule has 168 valence electrons. The van der Waals surface area contributed by atoms with Crippen LogP contribution in [0, 0.1) is 11.8 Å². The Labute approximate surface area is 189 Å². The molecule has 0 aliphatic carbocycles. The fourth-order valence-electron chi connectivity index (χ4n) is 4.05. The van der Waals surface area contributed by atoms with Crippen LogP contribution in [0.3, 0.4) is 0 Å². The molecule has 1 aliphatic rings. The lowest BCUT2D eigenvalue weighted by atomic mass is 9.92. The van der Waals surface area contributed by atoms with Gasteiger partial charge >= 0.3 is 0 Å². The van der Waals surface area contributed by atoms with Gasteiger partial charge in [-0.3, -0.25) is 14.5 Å². The first kappa shape index (κ1) is 24.8. The molecule has 7 heteroatoms. The molecule has 0 aromatic heterocycles. The smallest absolute Gasteiger partial charge is 0.253 e. The van der Waals surface area contributed by atoms with E-state index in [1.165, 1.54) is 0 Å². The monoisotopic (exact) mass is 481 g/mol. The predicted octanol–water partition coefficient (Wildman–Crippen LogP) is 3.46. The maximum absolute atomic E-state index is 13.0. The zero-order valence-electron chi connectivity index (χ0n) is 18.6. The van der Waals surface area contributed by atoms with Crippen LogP contribution in [0.2, 0.25) is 0 Å². The zero-order chi connectivity index (χ0) is 22.1. The van der Waals surface area contributed by atoms with Crippen molar-refractivity contribution in [2.75, 3.05) is 32.8 Å². The summed E-state index contributed by atoms with van der Waals surface area (Å²) in [5.74, 6) is 0.109. The molecule has 2 unspecified atom stereocenters. The molecule has 1 aromatic rings. The Balaban J connectivity index is 2.05. The maximum atomic E-state index is 13.0. The highest BCUT2D eigenvalue weighted by Crippen LogP contribution is 2.20. The molecule has 0 saturated carbocycles. The minimum absolute atomic E-state index is 0.0218. The number of nitrogens with zero attached hydrogens (tertiary/aromatic N) is 1. The van der Waals surface area contributed by atoms with Crippen molar-refractivity contribution in [3.8, 4) is 0 Å². The van der Waals surface area contributed by atoms with Crippen molar-refractivity contribution in [3.05, 3.63) is 34.3 Å². The third-order valence-corrected chi connectivity index (χ3v) is 6.64. The summed E-state index contributed by atoms with van der Waals surface area (Å²) in [6.07, 6.45) is 2.14. The van der Waals surface area contributed by atoms with E-state index >= 15 is 0 Å². The summed E-state index contributed by atoms with van der Waals surface area (Å²) in [5.41, 5.74) is 0.527. The molecule has 1 heterocycles. The van der Waals surface area contributed by atoms with Gasteiger partial charge in [-0.2, -0.15) is 0 Å². The van der Waals surface area contributed by atoms with Gasteiger partial charge in [0.2, 0.25) is 5.91 Å². The second-order valence-corrected chi connectivity index (χ2v) is 9.07. The molecule has 1 fully saturated rings. The van der Waals surface area contributed by atoms with Crippen molar-refractivity contribution in [1.82, 2.24) is 15.5 Å². The minimum atomic E-state index is -0.586. The molecule has 6 nitrogen and oxygen atoms in total. The van der Waals surface area contributed by atoms with Gasteiger partial charge < -0.3 is 15.4 Å². The summed E-state index contributed by atoms with van der Waals surface area (Å²) in [7, 11) is 0. The van der Waals surface area contributed by atoms with E-state index in [1.807, 2.05) is 32.0 Å². The van der Waals surface area contributed by atoms with E-state index in [2.05, 4.69) is 45.3 Å². The van der Waals surface area contributed by atoms with Crippen molar-refractivity contribution in [1.29, 1.82) is 0 Å². The van der Waals surface area contributed by atoms with Gasteiger partial charge in [-0.25, -0.2) is 0 Å². The maximum Gasteiger partial charge on any atom is 0.253 e. The zero-order valence-corrected chi connectivity index (χ0v) is 20.2. The van der Waals surface area contributed by atoms with Gasteiger partial charge in [0.15, 0.2) is 0 Å². The number of benzene rings is 1. The largest absolute Gasteiger partial charge is 0.379 e. The van der Waals surface area contributed by atoms with E-state index in [0.717, 1.165) is 39.1 Å². The number of halogens is 1. The molecule has 2 amide bonds. The van der Waals surface area contributed by atoms with Gasteiger partial charge in [0.1, 0.15) is 6.04 Å². The molecular weight excluding hydrogens is 446 g/mol. The lowest BCUT2D eigenvalue weighted by molar-refractivity contribution is -0.124. The van der Waals surface area contributed by atoms with Gasteiger partial charge in [-0.05, 0) is 39.9 Å². The van der Waals surface area contributed by atoms with Gasteiger partial charge in [0, 0.05) is 30.1 Å². The molecule has 2 atom stereocenters. The minimum Gasteiger partial charge on any atom is -0.379 e. The molecule has 0 radical (unpaired) electrons. The first-order chi connectivity index (χ1) is 14.4. The molecule has 1 aromatic carbocycles. The topological polar surface area (TPSA) is 70.7 Å². The summed E-state index contributed by atoms with van der Waals surface area (Å²) in [6, 6.07) is 6.93. The highest BCUT2D eigenvalue weighted by molar-refractivity contribution is 9.10. The second kappa shape index (κ2) is 12.4. The van der Waals surface area contributed by atoms with Gasteiger partial charge in [-0.15, -0.1) is 0 Å². The molecule has 0 bridgehead atoms. The second-order valence-electron chi connectivity index (χ2n) is 8.21. The van der Waals surface area contributed by atoms with Gasteiger partial charge in [0.05, 0.1) is 18.8 Å². The van der Waals surface area contributed by atoms with Crippen LogP contribution < -0.4 is 10.6 Å². The summed E-state index contributed by atoms with van der Waals surface area (Å²) in [4.78, 5) is 28.2. The number of hydrogen-bond acceptors (Lipinski definition) is 4. The number of amides is 2. The van der Waals surface area contributed by atoms with Crippen molar-refractivity contribution < 1.29 is 14.3 Å². The van der Waals surface area contributed by atoms with E-state index in [0.29, 0.717) is 22.5 Å². The van der Waals surface area contributed by atoms with E-state index in [4.69, 9.17) is 4.74 Å². The number of morpholine rings is 1. The van der Waals surface area contributed by atoms with E-state index < -0.39 is 6.04 Å². The molecular formula is C23H36BrN3O3. The molecule has 1 aliphatic heterocycles. The van der Waals surface area contributed by atoms with Crippen LogP contribution >= 0.6 is 15.9 Å². The summed E-state index contributed by atoms with van der Waals surface area (Å²) in [6.45, 7) is 12.2. The van der Waals surface area contributed by atoms with Gasteiger partial charge in [-0.1, -0.05) is 52.7 Å². The fraction of sp³-hybridized carbons (Fsp3) is 0.652. The first-order valence-electron chi connectivity index (χ1n) is 11.0. The Hall–Kier alpha value is -1.44. The number of ether oxygens (including phenoxy) is 1. The SMILES string of the molecule is CCC(CC)C(CNC(=O)C(NC(=O)c1ccccc1Br)C(C)C)N1CCOCC1. The number of rotatable bonds is 10. The molecule has 30 heavy (non-hydrogen) atoms. The van der Waals surface area contributed by atoms with E-state index in [9.17, 15) is 9.59 Å². The van der Waals surface area contributed by atoms with Crippen molar-refractivity contribution >= 4 is 27.7 Å². The highest BCUT2D eigenvalue weighted by Gasteiger charge is 2.30. The number of nitrogens with one attached hydrogen (secondary N) is 2. The normalized spacial score (nSPS) is 17.0. The Kier molecular flexibility index (Phi) is 10.3. The quantitative estimate of drug-likeness (QED) is 0.536. The van der Waals surface area contributed by atoms with Crippen LogP contribution in [-0.4, -0.2) is 61.6 Å². The first-order valence-corrected chi connectivity index (χ1v) is 11.8. The van der Waals surface area contributed by atoms with Crippen molar-refractivity contribution in [2.24, 2.45) is 11.8 Å². The standard InChI is InChI=1S/C23H36BrN3O3/c1-5-17(6-2)20(27-11-13-30-14-12-27)15-25-23(29)21(16(3)4)26-22(28)18-9-7-8-10-19(18)24/h7-10,16-17,20-21H,5-6,11-15H2,1-4H3,(H,25,29)(H,26,28). The average molecular weight is 482 g/mol. The average Bonchev–Trinajstić information content (AvgIpc) is 2.75. The Bertz CT molecular complexity index is 688. The number of hydrogen-bond donors (Lipinski definition) is 2. The van der Waals surface area contributed by atoms with Crippen LogP contribution in [0.15, 0.2) is 28.7 Å². The summed E-state index contributed by atoms with van der Waals surface area (Å²) >= 11 is 3.41. The summed E-state index contributed by atoms with van der Waals surface area (Å²) < 4.78 is 6.22. The van der Waals surface area contributed by atoms with Crippen LogP contribution in [0.25, 0.3) is 0 Å². The van der Waals surface area contributed by atoms with Crippen molar-refractivity contribution in [2.45, 2.75) is 52.6 Å². The third kappa shape index (κ3) is 6.79. The lowest BCUT2D eigenvalue weighted by Crippen LogP contribution is -2.55. The Morgan fingerprint density at radius 1 is 1.13 bits per heavy atom. The molecule has 1 saturated heterocycles. The number of carbonyl (C=O) groups excluding carboxylic acids is 2. The van der Waals surface area contributed by atoms with Crippen LogP contribution in [-0.2, 0) is 9.53 Å². The van der Waals surface area contributed by atoms with E-state index in [1.54, 1.807) is 6.07 Å². The molecule has 2 N–H and O–H groups in total. The highest BCUT2D eigenvalue weighted by atomic mass is 79.9. The van der Waals surface area contributed by atoms with Crippen LogP contribution in [0.4, 0.5) is 0 Å². The van der Waals surface area contributed by atoms with E-state index in [-0.39, 0.29) is 23.8 Å². The Morgan fingerprint density at radius 3 is 2.33 bits per heavy atom. The van der Waals surface area contributed by atoms with Crippen LogP contribution in [0.5, 0.6) is 0 Å². The Morgan fingerprint density at radius 2 is 1.77 bits per heavy atom. The fourth-order valence-corrected chi connectivity index (χ4v) is 4.52.